The number of nitrogens with one attached hydrogen (secondary N) is 1. The van der Waals surface area contributed by atoms with Crippen molar-refractivity contribution in [2.75, 3.05) is 6.54 Å². The smallest absolute Gasteiger partial charge is 0.0129 e. The van der Waals surface area contributed by atoms with Gasteiger partial charge in [0.25, 0.3) is 0 Å². The predicted octanol–water partition coefficient (Wildman–Crippen LogP) is 2.98. The molecule has 0 aliphatic carbocycles. The Kier molecular flexibility index (Phi) is 6.09. The van der Waals surface area contributed by atoms with Gasteiger partial charge in [0.2, 0.25) is 0 Å². The third kappa shape index (κ3) is 4.55. The highest BCUT2D eigenvalue weighted by atomic mass is 14.9. The molecule has 0 radical (unpaired) electrons. The van der Waals surface area contributed by atoms with Crippen LogP contribution >= 0.6 is 0 Å². The van der Waals surface area contributed by atoms with Crippen LogP contribution in [0.25, 0.3) is 0 Å². The lowest BCUT2D eigenvalue weighted by Crippen LogP contribution is -2.34. The fourth-order valence-electron chi connectivity index (χ4n) is 1.40. The molecule has 0 amide bonds. The summed E-state index contributed by atoms with van der Waals surface area (Å²) in [5, 5.41) is 3.50. The van der Waals surface area contributed by atoms with Gasteiger partial charge in [-0.3, -0.25) is 0 Å². The van der Waals surface area contributed by atoms with E-state index in [0.29, 0.717) is 6.04 Å². The Bertz CT molecular complexity index is 129. The quantitative estimate of drug-likeness (QED) is 0.603. The zero-order valence-corrected chi connectivity index (χ0v) is 8.98. The molecule has 0 spiro atoms. The molecule has 2 unspecified atom stereocenters. The normalized spacial score (nSPS) is 15.7. The standard InChI is InChI=1S/C11H23N/c1-6-10(5)11(12-7-2)8-9(3)4/h10-12H,3,6-8H2,1-2,4-5H3. The van der Waals surface area contributed by atoms with Crippen molar-refractivity contribution in [3.8, 4) is 0 Å². The van der Waals surface area contributed by atoms with Gasteiger partial charge >= 0.3 is 0 Å². The first-order valence-electron chi connectivity index (χ1n) is 4.99. The molecule has 12 heavy (non-hydrogen) atoms. The first-order chi connectivity index (χ1) is 5.61. The SMILES string of the molecule is C=C(C)CC(NCC)C(C)CC. The van der Waals surface area contributed by atoms with E-state index >= 15 is 0 Å². The Labute approximate surface area is 77.2 Å². The number of hydrogen-bond donors (Lipinski definition) is 1. The molecular weight excluding hydrogens is 146 g/mol. The Morgan fingerprint density at radius 1 is 1.42 bits per heavy atom. The van der Waals surface area contributed by atoms with Crippen molar-refractivity contribution in [2.24, 2.45) is 5.92 Å². The lowest BCUT2D eigenvalue weighted by atomic mass is 9.94. The van der Waals surface area contributed by atoms with Gasteiger partial charge < -0.3 is 5.32 Å². The largest absolute Gasteiger partial charge is 0.314 e. The number of hydrogen-bond acceptors (Lipinski definition) is 1. The molecule has 2 atom stereocenters. The zero-order valence-electron chi connectivity index (χ0n) is 8.98. The molecule has 0 bridgehead atoms. The summed E-state index contributed by atoms with van der Waals surface area (Å²) < 4.78 is 0. The summed E-state index contributed by atoms with van der Waals surface area (Å²) in [5.41, 5.74) is 1.28. The third-order valence-electron chi connectivity index (χ3n) is 2.37. The molecule has 0 saturated carbocycles. The van der Waals surface area contributed by atoms with Crippen LogP contribution < -0.4 is 5.32 Å². The van der Waals surface area contributed by atoms with Gasteiger partial charge in [0.05, 0.1) is 0 Å². The Morgan fingerprint density at radius 3 is 2.33 bits per heavy atom. The maximum atomic E-state index is 3.95. The second-order valence-corrected chi connectivity index (χ2v) is 3.71. The van der Waals surface area contributed by atoms with E-state index in [9.17, 15) is 0 Å². The van der Waals surface area contributed by atoms with E-state index in [-0.39, 0.29) is 0 Å². The lowest BCUT2D eigenvalue weighted by molar-refractivity contribution is 0.370. The second kappa shape index (κ2) is 6.24. The van der Waals surface area contributed by atoms with Crippen LogP contribution in [-0.2, 0) is 0 Å². The predicted molar refractivity (Wildman–Crippen MR) is 56.4 cm³/mol. The van der Waals surface area contributed by atoms with E-state index in [1.54, 1.807) is 0 Å². The summed E-state index contributed by atoms with van der Waals surface area (Å²) in [6, 6.07) is 0.623. The maximum Gasteiger partial charge on any atom is 0.0129 e. The molecule has 0 aromatic heterocycles. The van der Waals surface area contributed by atoms with Crippen molar-refractivity contribution in [3.63, 3.8) is 0 Å². The minimum atomic E-state index is 0.623. The Balaban J connectivity index is 3.93. The molecule has 1 nitrogen and oxygen atoms in total. The van der Waals surface area contributed by atoms with Crippen molar-refractivity contribution in [3.05, 3.63) is 12.2 Å². The fraction of sp³-hybridized carbons (Fsp3) is 0.818. The monoisotopic (exact) mass is 169 g/mol. The molecule has 0 fully saturated rings. The minimum Gasteiger partial charge on any atom is -0.314 e. The molecule has 0 aromatic carbocycles. The van der Waals surface area contributed by atoms with Gasteiger partial charge in [0.1, 0.15) is 0 Å². The van der Waals surface area contributed by atoms with E-state index in [0.717, 1.165) is 18.9 Å². The summed E-state index contributed by atoms with van der Waals surface area (Å²) in [7, 11) is 0. The maximum absolute atomic E-state index is 3.95. The molecular formula is C11H23N. The summed E-state index contributed by atoms with van der Waals surface area (Å²) in [5.74, 6) is 0.752. The minimum absolute atomic E-state index is 0.623. The van der Waals surface area contributed by atoms with Crippen LogP contribution in [0.5, 0.6) is 0 Å². The van der Waals surface area contributed by atoms with Crippen LogP contribution in [0.2, 0.25) is 0 Å². The molecule has 0 aliphatic heterocycles. The van der Waals surface area contributed by atoms with Crippen molar-refractivity contribution >= 4 is 0 Å². The van der Waals surface area contributed by atoms with Crippen molar-refractivity contribution in [1.82, 2.24) is 5.32 Å². The molecule has 0 saturated heterocycles. The van der Waals surface area contributed by atoms with Gasteiger partial charge in [0.15, 0.2) is 0 Å². The fourth-order valence-corrected chi connectivity index (χ4v) is 1.40. The average Bonchev–Trinajstić information content (AvgIpc) is 2.01. The van der Waals surface area contributed by atoms with Crippen LogP contribution in [0.15, 0.2) is 12.2 Å². The van der Waals surface area contributed by atoms with Gasteiger partial charge in [-0.05, 0) is 25.8 Å². The summed E-state index contributed by atoms with van der Waals surface area (Å²) >= 11 is 0. The lowest BCUT2D eigenvalue weighted by Gasteiger charge is -2.23. The average molecular weight is 169 g/mol. The summed E-state index contributed by atoms with van der Waals surface area (Å²) in [4.78, 5) is 0. The van der Waals surface area contributed by atoms with Crippen LogP contribution in [0, 0.1) is 5.92 Å². The van der Waals surface area contributed by atoms with Gasteiger partial charge in [-0.2, -0.15) is 0 Å². The second-order valence-electron chi connectivity index (χ2n) is 3.71. The van der Waals surface area contributed by atoms with E-state index < -0.39 is 0 Å². The van der Waals surface area contributed by atoms with Crippen molar-refractivity contribution in [1.29, 1.82) is 0 Å². The summed E-state index contributed by atoms with van der Waals surface area (Å²) in [6.07, 6.45) is 2.35. The van der Waals surface area contributed by atoms with E-state index in [1.165, 1.54) is 12.0 Å². The van der Waals surface area contributed by atoms with E-state index in [1.807, 2.05) is 0 Å². The topological polar surface area (TPSA) is 12.0 Å². The van der Waals surface area contributed by atoms with Crippen LogP contribution in [-0.4, -0.2) is 12.6 Å². The number of rotatable bonds is 6. The van der Waals surface area contributed by atoms with Crippen LogP contribution in [0.3, 0.4) is 0 Å². The molecule has 1 N–H and O–H groups in total. The zero-order chi connectivity index (χ0) is 9.56. The molecule has 72 valence electrons. The Morgan fingerprint density at radius 2 is 2.00 bits per heavy atom. The molecule has 0 aromatic rings. The van der Waals surface area contributed by atoms with Gasteiger partial charge in [-0.25, -0.2) is 0 Å². The van der Waals surface area contributed by atoms with Crippen molar-refractivity contribution < 1.29 is 0 Å². The first-order valence-corrected chi connectivity index (χ1v) is 4.99. The van der Waals surface area contributed by atoms with E-state index in [2.05, 4.69) is 39.6 Å². The van der Waals surface area contributed by atoms with Gasteiger partial charge in [0, 0.05) is 6.04 Å². The molecule has 1 heteroatoms. The van der Waals surface area contributed by atoms with Gasteiger partial charge in [-0.15, -0.1) is 6.58 Å². The Hall–Kier alpha value is -0.300. The van der Waals surface area contributed by atoms with Crippen LogP contribution in [0.4, 0.5) is 0 Å². The first kappa shape index (κ1) is 11.7. The van der Waals surface area contributed by atoms with E-state index in [4.69, 9.17) is 0 Å². The van der Waals surface area contributed by atoms with Gasteiger partial charge in [-0.1, -0.05) is 32.8 Å². The van der Waals surface area contributed by atoms with Crippen LogP contribution in [0.1, 0.15) is 40.5 Å². The van der Waals surface area contributed by atoms with Crippen molar-refractivity contribution in [2.45, 2.75) is 46.6 Å². The molecule has 0 heterocycles. The summed E-state index contributed by atoms with van der Waals surface area (Å²) in [6.45, 7) is 13.8. The highest BCUT2D eigenvalue weighted by molar-refractivity contribution is 4.94. The highest BCUT2D eigenvalue weighted by Gasteiger charge is 2.13. The highest BCUT2D eigenvalue weighted by Crippen LogP contribution is 2.14. The molecule has 0 aliphatic rings. The third-order valence-corrected chi connectivity index (χ3v) is 2.37. The molecule has 0 rings (SSSR count).